The minimum absolute atomic E-state index is 0.329. The smallest absolute Gasteiger partial charge is 0.216 e. The Kier molecular flexibility index (Phi) is 1.86. The van der Waals surface area contributed by atoms with Gasteiger partial charge in [0.25, 0.3) is 5.78 Å². The second-order valence-corrected chi connectivity index (χ2v) is 3.20. The first-order valence-corrected chi connectivity index (χ1v) is 4.62. The van der Waals surface area contributed by atoms with Gasteiger partial charge in [0.1, 0.15) is 17.8 Å². The number of fused-ring (bicyclic) bond motifs is 1. The van der Waals surface area contributed by atoms with Crippen molar-refractivity contribution in [2.24, 2.45) is 0 Å². The summed E-state index contributed by atoms with van der Waals surface area (Å²) in [6.07, 6.45) is 2.90. The lowest BCUT2D eigenvalue weighted by molar-refractivity contribution is 0.630. The van der Waals surface area contributed by atoms with Gasteiger partial charge in [0, 0.05) is 5.56 Å². The molecule has 3 rings (SSSR count). The summed E-state index contributed by atoms with van der Waals surface area (Å²) in [6, 6.07) is 6.41. The third-order valence-corrected chi connectivity index (χ3v) is 2.18. The van der Waals surface area contributed by atoms with E-state index in [0.717, 1.165) is 0 Å². The second kappa shape index (κ2) is 3.34. The predicted octanol–water partition coefficient (Wildman–Crippen LogP) is 1.33. The Hall–Kier alpha value is -2.37. The number of rotatable bonds is 1. The maximum Gasteiger partial charge on any atom is 0.271 e. The maximum absolute atomic E-state index is 13.5. The Morgan fingerprint density at radius 2 is 2.06 bits per heavy atom. The van der Waals surface area contributed by atoms with Crippen LogP contribution in [0, 0.1) is 5.82 Å². The van der Waals surface area contributed by atoms with E-state index in [0.29, 0.717) is 17.0 Å². The van der Waals surface area contributed by atoms with Crippen LogP contribution in [0.15, 0.2) is 36.8 Å². The summed E-state index contributed by atoms with van der Waals surface area (Å²) in [5, 5.41) is 11.5. The number of aromatic nitrogens is 5. The van der Waals surface area contributed by atoms with Crippen LogP contribution in [-0.2, 0) is 0 Å². The molecule has 0 radical (unpaired) electrons. The molecule has 2 heterocycles. The van der Waals surface area contributed by atoms with E-state index in [9.17, 15) is 4.39 Å². The zero-order chi connectivity index (χ0) is 11.0. The molecule has 0 atom stereocenters. The molecule has 2 aromatic heterocycles. The molecule has 0 saturated heterocycles. The molecule has 5 nitrogen and oxygen atoms in total. The van der Waals surface area contributed by atoms with Gasteiger partial charge >= 0.3 is 0 Å². The SMILES string of the molecule is Fc1ccccc1-c1cnc2nncn2n1. The molecule has 78 valence electrons. The van der Waals surface area contributed by atoms with E-state index in [2.05, 4.69) is 20.3 Å². The molecule has 16 heavy (non-hydrogen) atoms. The number of halogens is 1. The molecule has 0 spiro atoms. The molecule has 0 bridgehead atoms. The minimum Gasteiger partial charge on any atom is -0.216 e. The summed E-state index contributed by atoms with van der Waals surface area (Å²) >= 11 is 0. The average Bonchev–Trinajstić information content (AvgIpc) is 2.76. The third kappa shape index (κ3) is 1.31. The van der Waals surface area contributed by atoms with Crippen LogP contribution in [0.1, 0.15) is 0 Å². The Labute approximate surface area is 89.6 Å². The fourth-order valence-electron chi connectivity index (χ4n) is 1.43. The van der Waals surface area contributed by atoms with Crippen molar-refractivity contribution in [1.82, 2.24) is 24.8 Å². The molecule has 0 unspecified atom stereocenters. The van der Waals surface area contributed by atoms with E-state index in [-0.39, 0.29) is 5.82 Å². The van der Waals surface area contributed by atoms with Gasteiger partial charge in [-0.25, -0.2) is 9.37 Å². The van der Waals surface area contributed by atoms with Crippen molar-refractivity contribution in [2.75, 3.05) is 0 Å². The summed E-state index contributed by atoms with van der Waals surface area (Å²) in [7, 11) is 0. The molecule has 0 saturated carbocycles. The van der Waals surface area contributed by atoms with E-state index < -0.39 is 0 Å². The summed E-state index contributed by atoms with van der Waals surface area (Å²) < 4.78 is 14.9. The number of nitrogens with zero attached hydrogens (tertiary/aromatic N) is 5. The molecular formula is C10H6FN5. The Morgan fingerprint density at radius 1 is 1.19 bits per heavy atom. The Bertz CT molecular complexity index is 648. The highest BCUT2D eigenvalue weighted by molar-refractivity contribution is 5.58. The van der Waals surface area contributed by atoms with E-state index in [1.54, 1.807) is 18.2 Å². The van der Waals surface area contributed by atoms with Gasteiger partial charge in [0.2, 0.25) is 0 Å². The molecule has 0 fully saturated rings. The van der Waals surface area contributed by atoms with E-state index in [1.165, 1.54) is 23.1 Å². The fraction of sp³-hybridized carbons (Fsp3) is 0. The lowest BCUT2D eigenvalue weighted by Gasteiger charge is -2.01. The largest absolute Gasteiger partial charge is 0.271 e. The Balaban J connectivity index is 2.22. The van der Waals surface area contributed by atoms with Crippen molar-refractivity contribution in [2.45, 2.75) is 0 Å². The van der Waals surface area contributed by atoms with Crippen LogP contribution < -0.4 is 0 Å². The molecule has 3 aromatic rings. The molecule has 0 aliphatic heterocycles. The fourth-order valence-corrected chi connectivity index (χ4v) is 1.43. The van der Waals surface area contributed by atoms with Crippen LogP contribution in [0.5, 0.6) is 0 Å². The highest BCUT2D eigenvalue weighted by atomic mass is 19.1. The summed E-state index contributed by atoms with van der Waals surface area (Å²) in [6.45, 7) is 0. The number of hydrogen-bond acceptors (Lipinski definition) is 4. The lowest BCUT2D eigenvalue weighted by atomic mass is 10.1. The first kappa shape index (κ1) is 8.90. The van der Waals surface area contributed by atoms with Crippen molar-refractivity contribution in [3.05, 3.63) is 42.6 Å². The molecular weight excluding hydrogens is 209 g/mol. The third-order valence-electron chi connectivity index (χ3n) is 2.18. The van der Waals surface area contributed by atoms with E-state index in [1.807, 2.05) is 0 Å². The first-order chi connectivity index (χ1) is 7.84. The maximum atomic E-state index is 13.5. The number of benzene rings is 1. The molecule has 6 heteroatoms. The summed E-state index contributed by atoms with van der Waals surface area (Å²) in [5.41, 5.74) is 0.857. The van der Waals surface area contributed by atoms with Crippen LogP contribution in [-0.4, -0.2) is 24.8 Å². The summed E-state index contributed by atoms with van der Waals surface area (Å²) in [4.78, 5) is 4.02. The monoisotopic (exact) mass is 215 g/mol. The van der Waals surface area contributed by atoms with Gasteiger partial charge in [0.15, 0.2) is 0 Å². The van der Waals surface area contributed by atoms with Crippen LogP contribution in [0.3, 0.4) is 0 Å². The normalized spacial score (nSPS) is 10.8. The van der Waals surface area contributed by atoms with Gasteiger partial charge in [-0.05, 0) is 12.1 Å². The van der Waals surface area contributed by atoms with Gasteiger partial charge in [-0.15, -0.1) is 10.2 Å². The van der Waals surface area contributed by atoms with Crippen LogP contribution in [0.2, 0.25) is 0 Å². The quantitative estimate of drug-likeness (QED) is 0.614. The molecule has 0 amide bonds. The van der Waals surface area contributed by atoms with Crippen LogP contribution in [0.4, 0.5) is 4.39 Å². The van der Waals surface area contributed by atoms with Crippen molar-refractivity contribution < 1.29 is 4.39 Å². The first-order valence-electron chi connectivity index (χ1n) is 4.62. The van der Waals surface area contributed by atoms with Crippen molar-refractivity contribution in [1.29, 1.82) is 0 Å². The summed E-state index contributed by atoms with van der Waals surface area (Å²) in [5.74, 6) is 0.0595. The van der Waals surface area contributed by atoms with Crippen molar-refractivity contribution in [3.8, 4) is 11.3 Å². The zero-order valence-electron chi connectivity index (χ0n) is 8.08. The van der Waals surface area contributed by atoms with Crippen molar-refractivity contribution in [3.63, 3.8) is 0 Å². The van der Waals surface area contributed by atoms with E-state index in [4.69, 9.17) is 0 Å². The lowest BCUT2D eigenvalue weighted by Crippen LogP contribution is -1.97. The Morgan fingerprint density at radius 3 is 2.94 bits per heavy atom. The predicted molar refractivity (Wildman–Crippen MR) is 54.0 cm³/mol. The van der Waals surface area contributed by atoms with Gasteiger partial charge in [-0.1, -0.05) is 12.1 Å². The van der Waals surface area contributed by atoms with E-state index >= 15 is 0 Å². The zero-order valence-corrected chi connectivity index (χ0v) is 8.08. The molecule has 0 N–H and O–H groups in total. The van der Waals surface area contributed by atoms with Gasteiger partial charge in [-0.3, -0.25) is 0 Å². The van der Waals surface area contributed by atoms with Crippen molar-refractivity contribution >= 4 is 5.78 Å². The van der Waals surface area contributed by atoms with Gasteiger partial charge in [-0.2, -0.15) is 9.61 Å². The van der Waals surface area contributed by atoms with Gasteiger partial charge < -0.3 is 0 Å². The molecule has 1 aromatic carbocycles. The van der Waals surface area contributed by atoms with Crippen LogP contribution in [0.25, 0.3) is 17.0 Å². The minimum atomic E-state index is -0.329. The topological polar surface area (TPSA) is 56.0 Å². The second-order valence-electron chi connectivity index (χ2n) is 3.20. The molecule has 0 aliphatic rings. The van der Waals surface area contributed by atoms with Crippen LogP contribution >= 0.6 is 0 Å². The standard InChI is InChI=1S/C10H6FN5/c11-8-4-2-1-3-7(8)9-5-12-10-14-13-6-16(10)15-9/h1-6H. The van der Waals surface area contributed by atoms with Gasteiger partial charge in [0.05, 0.1) is 6.20 Å². The number of hydrogen-bond donors (Lipinski definition) is 0. The average molecular weight is 215 g/mol. The highest BCUT2D eigenvalue weighted by Gasteiger charge is 2.07. The molecule has 0 aliphatic carbocycles. The highest BCUT2D eigenvalue weighted by Crippen LogP contribution is 2.18.